The van der Waals surface area contributed by atoms with Crippen molar-refractivity contribution in [2.45, 2.75) is 57.1 Å². The molecule has 3 aromatic rings. The second kappa shape index (κ2) is 11.9. The lowest BCUT2D eigenvalue weighted by molar-refractivity contribution is -0.140. The highest BCUT2D eigenvalue weighted by Gasteiger charge is 2.32. The van der Waals surface area contributed by atoms with E-state index in [9.17, 15) is 9.59 Å². The van der Waals surface area contributed by atoms with Crippen molar-refractivity contribution in [3.63, 3.8) is 0 Å². The highest BCUT2D eigenvalue weighted by atomic mass is 32.2. The van der Waals surface area contributed by atoms with Gasteiger partial charge in [-0.15, -0.1) is 11.8 Å². The van der Waals surface area contributed by atoms with Crippen LogP contribution in [-0.2, 0) is 22.6 Å². The Kier molecular flexibility index (Phi) is 8.94. The number of nitrogens with one attached hydrogen (secondary N) is 1. The minimum atomic E-state index is -0.619. The topological polar surface area (TPSA) is 49.4 Å². The summed E-state index contributed by atoms with van der Waals surface area (Å²) in [7, 11) is 0. The van der Waals surface area contributed by atoms with Crippen LogP contribution in [0.4, 0.5) is 0 Å². The summed E-state index contributed by atoms with van der Waals surface area (Å²) < 4.78 is 0. The summed E-state index contributed by atoms with van der Waals surface area (Å²) in [6, 6.07) is 27.3. The van der Waals surface area contributed by atoms with Crippen LogP contribution in [0.15, 0.2) is 89.8 Å². The third-order valence-electron chi connectivity index (χ3n) is 5.31. The van der Waals surface area contributed by atoms with Gasteiger partial charge >= 0.3 is 0 Å². The van der Waals surface area contributed by atoms with E-state index < -0.39 is 11.6 Å². The Bertz CT molecular complexity index is 1080. The van der Waals surface area contributed by atoms with Crippen LogP contribution in [0.2, 0.25) is 0 Å². The average molecular weight is 475 g/mol. The molecule has 0 radical (unpaired) electrons. The molecule has 0 saturated carbocycles. The number of rotatable bonds is 9. The molecule has 1 atom stereocenters. The van der Waals surface area contributed by atoms with Gasteiger partial charge in [0.2, 0.25) is 11.8 Å². The average Bonchev–Trinajstić information content (AvgIpc) is 2.80. The molecular formula is C29H34N2O2S. The third-order valence-corrected chi connectivity index (χ3v) is 6.31. The first-order valence-electron chi connectivity index (χ1n) is 11.6. The smallest absolute Gasteiger partial charge is 0.243 e. The van der Waals surface area contributed by atoms with E-state index >= 15 is 0 Å². The summed E-state index contributed by atoms with van der Waals surface area (Å²) in [4.78, 5) is 29.9. The van der Waals surface area contributed by atoms with E-state index in [1.165, 1.54) is 11.8 Å². The Labute approximate surface area is 207 Å². The maximum atomic E-state index is 13.6. The van der Waals surface area contributed by atoms with Gasteiger partial charge in [-0.25, -0.2) is 0 Å². The standard InChI is InChI=1S/C29H34N2O2S/c1-22-12-11-15-24(18-22)20-31(27(32)21-34-25-16-9-6-10-17-25)26(28(33)30-29(2,3)4)19-23-13-7-5-8-14-23/h5-18,26H,19-21H2,1-4H3,(H,30,33). The Balaban J connectivity index is 1.92. The van der Waals surface area contributed by atoms with E-state index in [-0.39, 0.29) is 17.6 Å². The predicted octanol–water partition coefficient (Wildman–Crippen LogP) is 5.64. The monoisotopic (exact) mass is 474 g/mol. The van der Waals surface area contributed by atoms with Gasteiger partial charge < -0.3 is 10.2 Å². The lowest BCUT2D eigenvalue weighted by Crippen LogP contribution is -2.54. The molecule has 0 spiro atoms. The molecule has 2 amide bonds. The van der Waals surface area contributed by atoms with Crippen LogP contribution in [0.1, 0.15) is 37.5 Å². The van der Waals surface area contributed by atoms with Crippen molar-refractivity contribution in [2.24, 2.45) is 0 Å². The first-order valence-corrected chi connectivity index (χ1v) is 12.6. The second-order valence-electron chi connectivity index (χ2n) is 9.56. The molecule has 0 fully saturated rings. The van der Waals surface area contributed by atoms with Gasteiger partial charge in [0.15, 0.2) is 0 Å². The number of amides is 2. The van der Waals surface area contributed by atoms with Crippen molar-refractivity contribution in [1.82, 2.24) is 10.2 Å². The van der Waals surface area contributed by atoms with E-state index in [1.807, 2.05) is 107 Å². The van der Waals surface area contributed by atoms with Crippen LogP contribution in [0.25, 0.3) is 0 Å². The molecular weight excluding hydrogens is 440 g/mol. The number of thioether (sulfide) groups is 1. The second-order valence-corrected chi connectivity index (χ2v) is 10.6. The fourth-order valence-corrected chi connectivity index (χ4v) is 4.56. The molecule has 0 aliphatic rings. The normalized spacial score (nSPS) is 12.1. The highest BCUT2D eigenvalue weighted by molar-refractivity contribution is 8.00. The lowest BCUT2D eigenvalue weighted by Gasteiger charge is -2.34. The van der Waals surface area contributed by atoms with Crippen molar-refractivity contribution < 1.29 is 9.59 Å². The van der Waals surface area contributed by atoms with Gasteiger partial charge in [-0.1, -0.05) is 78.4 Å². The first kappa shape index (κ1) is 25.6. The van der Waals surface area contributed by atoms with Gasteiger partial charge in [0.1, 0.15) is 6.04 Å². The Morgan fingerprint density at radius 2 is 1.50 bits per heavy atom. The first-order chi connectivity index (χ1) is 16.2. The number of aryl methyl sites for hydroxylation is 1. The number of hydrogen-bond acceptors (Lipinski definition) is 3. The third kappa shape index (κ3) is 8.07. The summed E-state index contributed by atoms with van der Waals surface area (Å²) >= 11 is 1.50. The van der Waals surface area contributed by atoms with Crippen molar-refractivity contribution in [3.8, 4) is 0 Å². The minimum Gasteiger partial charge on any atom is -0.350 e. The Morgan fingerprint density at radius 1 is 0.882 bits per heavy atom. The molecule has 3 rings (SSSR count). The van der Waals surface area contributed by atoms with Gasteiger partial charge in [-0.2, -0.15) is 0 Å². The van der Waals surface area contributed by atoms with Gasteiger partial charge in [0, 0.05) is 23.4 Å². The van der Waals surface area contributed by atoms with E-state index in [4.69, 9.17) is 0 Å². The fraction of sp³-hybridized carbons (Fsp3) is 0.310. The maximum absolute atomic E-state index is 13.6. The quantitative estimate of drug-likeness (QED) is 0.408. The van der Waals surface area contributed by atoms with Crippen molar-refractivity contribution in [1.29, 1.82) is 0 Å². The van der Waals surface area contributed by atoms with Crippen LogP contribution in [0, 0.1) is 6.92 Å². The van der Waals surface area contributed by atoms with E-state index in [1.54, 1.807) is 4.90 Å². The molecule has 0 aliphatic carbocycles. The molecule has 0 heterocycles. The number of carbonyl (C=O) groups is 2. The summed E-state index contributed by atoms with van der Waals surface area (Å²) in [5.41, 5.74) is 2.76. The molecule has 5 heteroatoms. The predicted molar refractivity (Wildman–Crippen MR) is 141 cm³/mol. The SMILES string of the molecule is Cc1cccc(CN(C(=O)CSc2ccccc2)C(Cc2ccccc2)C(=O)NC(C)(C)C)c1. The number of carbonyl (C=O) groups excluding carboxylic acids is 2. The van der Waals surface area contributed by atoms with Crippen LogP contribution in [-0.4, -0.2) is 34.0 Å². The summed E-state index contributed by atoms with van der Waals surface area (Å²) in [6.07, 6.45) is 0.455. The minimum absolute atomic E-state index is 0.0552. The zero-order valence-electron chi connectivity index (χ0n) is 20.5. The molecule has 178 valence electrons. The molecule has 34 heavy (non-hydrogen) atoms. The summed E-state index contributed by atoms with van der Waals surface area (Å²) in [5.74, 6) is 0.0756. The molecule has 0 aliphatic heterocycles. The van der Waals surface area contributed by atoms with E-state index in [0.29, 0.717) is 13.0 Å². The number of nitrogens with zero attached hydrogens (tertiary/aromatic N) is 1. The van der Waals surface area contributed by atoms with E-state index in [0.717, 1.165) is 21.6 Å². The van der Waals surface area contributed by atoms with Crippen molar-refractivity contribution in [2.75, 3.05) is 5.75 Å². The molecule has 0 saturated heterocycles. The fourth-order valence-electron chi connectivity index (χ4n) is 3.76. The summed E-state index contributed by atoms with van der Waals surface area (Å²) in [6.45, 7) is 8.30. The molecule has 1 N–H and O–H groups in total. The van der Waals surface area contributed by atoms with Gasteiger partial charge in [0.05, 0.1) is 5.75 Å². The molecule has 0 aromatic heterocycles. The molecule has 1 unspecified atom stereocenters. The largest absolute Gasteiger partial charge is 0.350 e. The van der Waals surface area contributed by atoms with Crippen LogP contribution >= 0.6 is 11.8 Å². The molecule has 0 bridgehead atoms. The zero-order chi connectivity index (χ0) is 24.6. The number of benzene rings is 3. The summed E-state index contributed by atoms with van der Waals surface area (Å²) in [5, 5.41) is 3.11. The zero-order valence-corrected chi connectivity index (χ0v) is 21.3. The van der Waals surface area contributed by atoms with Crippen molar-refractivity contribution in [3.05, 3.63) is 102 Å². The van der Waals surface area contributed by atoms with Crippen molar-refractivity contribution >= 4 is 23.6 Å². The van der Waals surface area contributed by atoms with Crippen LogP contribution in [0.5, 0.6) is 0 Å². The van der Waals surface area contributed by atoms with E-state index in [2.05, 4.69) is 11.4 Å². The molecule has 4 nitrogen and oxygen atoms in total. The lowest BCUT2D eigenvalue weighted by atomic mass is 10.0. The van der Waals surface area contributed by atoms with Gasteiger partial charge in [0.25, 0.3) is 0 Å². The molecule has 3 aromatic carbocycles. The highest BCUT2D eigenvalue weighted by Crippen LogP contribution is 2.21. The Hall–Kier alpha value is -3.05. The van der Waals surface area contributed by atoms with Crippen LogP contribution < -0.4 is 5.32 Å². The number of hydrogen-bond donors (Lipinski definition) is 1. The Morgan fingerprint density at radius 3 is 2.12 bits per heavy atom. The van der Waals surface area contributed by atoms with Gasteiger partial charge in [-0.3, -0.25) is 9.59 Å². The van der Waals surface area contributed by atoms with Crippen LogP contribution in [0.3, 0.4) is 0 Å². The maximum Gasteiger partial charge on any atom is 0.243 e. The van der Waals surface area contributed by atoms with Gasteiger partial charge in [-0.05, 0) is 51.0 Å².